The fraction of sp³-hybridized carbons (Fsp3) is 0.478. The van der Waals surface area contributed by atoms with Gasteiger partial charge >= 0.3 is 0 Å². The molecule has 1 fully saturated rings. The number of benzene rings is 2. The van der Waals surface area contributed by atoms with Gasteiger partial charge in [-0.1, -0.05) is 35.4 Å². The Morgan fingerprint density at radius 1 is 0.769 bits per heavy atom. The molecule has 2 aromatic rings. The van der Waals surface area contributed by atoms with E-state index in [0.29, 0.717) is 0 Å². The van der Waals surface area contributed by atoms with Gasteiger partial charge in [0.25, 0.3) is 0 Å². The van der Waals surface area contributed by atoms with Gasteiger partial charge in [-0.2, -0.15) is 0 Å². The second kappa shape index (κ2) is 6.80. The smallest absolute Gasteiger partial charge is 0.211 e. The van der Waals surface area contributed by atoms with Crippen LogP contribution in [0.3, 0.4) is 0 Å². The Morgan fingerprint density at radius 3 is 1.50 bits per heavy atom. The number of nitrogens with zero attached hydrogens (tertiary/aromatic N) is 2. The zero-order valence-electron chi connectivity index (χ0n) is 17.7. The molecule has 0 saturated carbocycles. The minimum atomic E-state index is 0.232. The van der Waals surface area contributed by atoms with Gasteiger partial charge in [-0.3, -0.25) is 0 Å². The van der Waals surface area contributed by atoms with E-state index >= 15 is 0 Å². The summed E-state index contributed by atoms with van der Waals surface area (Å²) in [5.74, 6) is 0. The molecule has 1 aliphatic heterocycles. The Kier molecular flexibility index (Phi) is 5.00. The second-order valence-electron chi connectivity index (χ2n) is 8.38. The Labute approximate surface area is 159 Å². The second-order valence-corrected chi connectivity index (χ2v) is 8.38. The van der Waals surface area contributed by atoms with Crippen LogP contribution >= 0.6 is 0 Å². The predicted octanol–water partition coefficient (Wildman–Crippen LogP) is 4.62. The molecule has 3 rings (SSSR count). The van der Waals surface area contributed by atoms with E-state index < -0.39 is 0 Å². The van der Waals surface area contributed by atoms with Crippen molar-refractivity contribution >= 4 is 11.4 Å². The maximum Gasteiger partial charge on any atom is 0.211 e. The summed E-state index contributed by atoms with van der Waals surface area (Å²) in [4.78, 5) is 2.34. The minimum absolute atomic E-state index is 0.232. The molecule has 0 aliphatic carbocycles. The van der Waals surface area contributed by atoms with Crippen LogP contribution in [0.25, 0.3) is 0 Å². The Hall–Kier alpha value is -1.68. The van der Waals surface area contributed by atoms with E-state index in [0.717, 1.165) is 17.6 Å². The molecule has 140 valence electrons. The summed E-state index contributed by atoms with van der Waals surface area (Å²) in [5.41, 5.74) is 11.1. The summed E-state index contributed by atoms with van der Waals surface area (Å²) in [5, 5.41) is 3.78. The van der Waals surface area contributed by atoms with Crippen molar-refractivity contribution in [3.05, 3.63) is 57.6 Å². The molecule has 1 unspecified atom stereocenters. The van der Waals surface area contributed by atoms with E-state index in [1.54, 1.807) is 0 Å². The van der Waals surface area contributed by atoms with Crippen molar-refractivity contribution in [2.24, 2.45) is 0 Å². The van der Waals surface area contributed by atoms with Crippen LogP contribution in [0.5, 0.6) is 0 Å². The first-order chi connectivity index (χ1) is 12.2. The van der Waals surface area contributed by atoms with Gasteiger partial charge in [-0.25, -0.2) is 14.7 Å². The summed E-state index contributed by atoms with van der Waals surface area (Å²) < 4.78 is 0.864. The zero-order valence-corrected chi connectivity index (χ0v) is 17.7. The van der Waals surface area contributed by atoms with E-state index in [4.69, 9.17) is 0 Å². The van der Waals surface area contributed by atoms with Gasteiger partial charge in [-0.15, -0.1) is 0 Å². The van der Waals surface area contributed by atoms with Crippen molar-refractivity contribution in [2.75, 3.05) is 27.2 Å². The third-order valence-corrected chi connectivity index (χ3v) is 5.77. The molecule has 1 N–H and O–H groups in total. The molecule has 1 atom stereocenters. The van der Waals surface area contributed by atoms with Crippen LogP contribution in [-0.2, 0) is 0 Å². The molecule has 3 heteroatoms. The molecule has 1 heterocycles. The molecular formula is C23H34N3+. The van der Waals surface area contributed by atoms with Crippen molar-refractivity contribution in [3.63, 3.8) is 0 Å². The molecule has 0 amide bonds. The zero-order chi connectivity index (χ0) is 19.2. The van der Waals surface area contributed by atoms with Crippen LogP contribution in [-0.4, -0.2) is 38.4 Å². The van der Waals surface area contributed by atoms with Gasteiger partial charge in [0.05, 0.1) is 6.54 Å². The van der Waals surface area contributed by atoms with E-state index in [9.17, 15) is 0 Å². The van der Waals surface area contributed by atoms with Crippen LogP contribution in [0.2, 0.25) is 0 Å². The van der Waals surface area contributed by atoms with Gasteiger partial charge in [0, 0.05) is 22.3 Å². The largest absolute Gasteiger partial charge is 0.248 e. The molecule has 0 bridgehead atoms. The molecule has 1 aliphatic rings. The number of quaternary nitrogens is 1. The third kappa shape index (κ3) is 2.88. The van der Waals surface area contributed by atoms with E-state index in [2.05, 4.69) is 90.1 Å². The molecule has 0 aromatic heterocycles. The summed E-state index contributed by atoms with van der Waals surface area (Å²) in [6.07, 6.45) is 0.232. The maximum absolute atomic E-state index is 3.78. The Bertz CT molecular complexity index is 732. The number of hydrogen-bond acceptors (Lipinski definition) is 2. The molecule has 26 heavy (non-hydrogen) atoms. The Balaban J connectivity index is 2.41. The first-order valence-electron chi connectivity index (χ1n) is 9.63. The maximum atomic E-state index is 3.78. The standard InChI is InChI=1S/C23H34N3/c1-15-11-17(3)21(18(4)12-15)26(10-9-24-23(26)25(7)8)22-19(5)13-16(2)14-20(22)6/h11-14,23-24H,9-10H2,1-8H3/q+1. The molecule has 3 nitrogen and oxygen atoms in total. The molecule has 1 saturated heterocycles. The average Bonchev–Trinajstić information content (AvgIpc) is 2.90. The minimum Gasteiger partial charge on any atom is -0.248 e. The van der Waals surface area contributed by atoms with Gasteiger partial charge in [-0.05, 0) is 55.6 Å². The fourth-order valence-corrected chi connectivity index (χ4v) is 5.41. The van der Waals surface area contributed by atoms with Crippen molar-refractivity contribution in [3.8, 4) is 0 Å². The summed E-state index contributed by atoms with van der Waals surface area (Å²) in [7, 11) is 4.38. The number of hydrogen-bond donors (Lipinski definition) is 1. The Morgan fingerprint density at radius 2 is 1.15 bits per heavy atom. The monoisotopic (exact) mass is 352 g/mol. The lowest BCUT2D eigenvalue weighted by atomic mass is 9.97. The highest BCUT2D eigenvalue weighted by molar-refractivity contribution is 5.72. The average molecular weight is 353 g/mol. The molecule has 2 aromatic carbocycles. The lowest BCUT2D eigenvalue weighted by molar-refractivity contribution is 0.153. The first-order valence-corrected chi connectivity index (χ1v) is 9.63. The molecule has 0 spiro atoms. The predicted molar refractivity (Wildman–Crippen MR) is 113 cm³/mol. The fourth-order valence-electron chi connectivity index (χ4n) is 5.41. The first kappa shape index (κ1) is 19.1. The van der Waals surface area contributed by atoms with Crippen LogP contribution < -0.4 is 9.80 Å². The number of rotatable bonds is 3. The van der Waals surface area contributed by atoms with Crippen molar-refractivity contribution in [2.45, 2.75) is 47.8 Å². The van der Waals surface area contributed by atoms with Gasteiger partial charge in [0.2, 0.25) is 6.29 Å². The van der Waals surface area contributed by atoms with Crippen LogP contribution in [0.15, 0.2) is 24.3 Å². The third-order valence-electron chi connectivity index (χ3n) is 5.77. The summed E-state index contributed by atoms with van der Waals surface area (Å²) in [6, 6.07) is 9.36. The molecular weight excluding hydrogens is 318 g/mol. The van der Waals surface area contributed by atoms with E-state index in [1.165, 1.54) is 44.8 Å². The van der Waals surface area contributed by atoms with Gasteiger partial charge in [0.15, 0.2) is 0 Å². The van der Waals surface area contributed by atoms with Gasteiger partial charge in [0.1, 0.15) is 17.9 Å². The highest BCUT2D eigenvalue weighted by atomic mass is 15.6. The van der Waals surface area contributed by atoms with E-state index in [-0.39, 0.29) is 6.29 Å². The summed E-state index contributed by atoms with van der Waals surface area (Å²) >= 11 is 0. The SMILES string of the molecule is Cc1cc(C)c([N+]2(c3c(C)cc(C)cc3C)CCNC2N(C)C)c(C)c1. The van der Waals surface area contributed by atoms with Crippen molar-refractivity contribution in [1.82, 2.24) is 14.7 Å². The highest BCUT2D eigenvalue weighted by Crippen LogP contribution is 2.46. The lowest BCUT2D eigenvalue weighted by Gasteiger charge is -2.44. The van der Waals surface area contributed by atoms with E-state index in [1.807, 2.05) is 0 Å². The quantitative estimate of drug-likeness (QED) is 0.811. The van der Waals surface area contributed by atoms with Crippen molar-refractivity contribution < 1.29 is 0 Å². The number of aryl methyl sites for hydroxylation is 6. The van der Waals surface area contributed by atoms with Crippen LogP contribution in [0, 0.1) is 41.5 Å². The van der Waals surface area contributed by atoms with Crippen LogP contribution in [0.4, 0.5) is 11.4 Å². The topological polar surface area (TPSA) is 15.3 Å². The number of nitrogens with one attached hydrogen (secondary N) is 1. The van der Waals surface area contributed by atoms with Gasteiger partial charge < -0.3 is 0 Å². The summed E-state index contributed by atoms with van der Waals surface area (Å²) in [6.45, 7) is 15.6. The van der Waals surface area contributed by atoms with Crippen LogP contribution in [0.1, 0.15) is 33.4 Å². The normalized spacial score (nSPS) is 19.3. The molecule has 0 radical (unpaired) electrons. The highest BCUT2D eigenvalue weighted by Gasteiger charge is 2.50. The van der Waals surface area contributed by atoms with Crippen molar-refractivity contribution in [1.29, 1.82) is 0 Å². The lowest BCUT2D eigenvalue weighted by Crippen LogP contribution is -2.59.